The summed E-state index contributed by atoms with van der Waals surface area (Å²) >= 11 is 12.5. The molecule has 0 amide bonds. The Kier molecular flexibility index (Phi) is 8.27. The van der Waals surface area contributed by atoms with Crippen LogP contribution >= 0.6 is 23.2 Å². The highest BCUT2D eigenvalue weighted by Crippen LogP contribution is 2.45. The molecular weight excluding hydrogens is 524 g/mol. The average molecular weight is 557 g/mol. The maximum absolute atomic E-state index is 14.9. The van der Waals surface area contributed by atoms with Crippen LogP contribution in [0.25, 0.3) is 0 Å². The van der Waals surface area contributed by atoms with Gasteiger partial charge in [-0.25, -0.2) is 9.18 Å². The van der Waals surface area contributed by atoms with Gasteiger partial charge in [-0.1, -0.05) is 73.4 Å². The van der Waals surface area contributed by atoms with Crippen molar-refractivity contribution >= 4 is 29.2 Å². The molecule has 38 heavy (non-hydrogen) atoms. The lowest BCUT2D eigenvalue weighted by Crippen LogP contribution is -2.51. The average Bonchev–Trinajstić information content (AvgIpc) is 3.71. The molecule has 3 aromatic rings. The number of nitrogens with zero attached hydrogens (tertiary/aromatic N) is 1. The molecule has 2 fully saturated rings. The Labute approximate surface area is 233 Å². The molecule has 200 valence electrons. The third-order valence-corrected chi connectivity index (χ3v) is 7.82. The summed E-state index contributed by atoms with van der Waals surface area (Å²) in [7, 11) is 0. The van der Waals surface area contributed by atoms with Gasteiger partial charge in [0.2, 0.25) is 0 Å². The van der Waals surface area contributed by atoms with Crippen LogP contribution in [0, 0.1) is 17.7 Å². The van der Waals surface area contributed by atoms with Crippen molar-refractivity contribution < 1.29 is 18.7 Å². The summed E-state index contributed by atoms with van der Waals surface area (Å²) in [5, 5.41) is 1.08. The predicted octanol–water partition coefficient (Wildman–Crippen LogP) is 7.92. The minimum Gasteiger partial charge on any atom is -0.493 e. The van der Waals surface area contributed by atoms with E-state index in [9.17, 15) is 9.18 Å². The van der Waals surface area contributed by atoms with Gasteiger partial charge < -0.3 is 9.47 Å². The van der Waals surface area contributed by atoms with Crippen LogP contribution in [0.5, 0.6) is 5.75 Å². The molecule has 1 saturated heterocycles. The lowest BCUT2D eigenvalue weighted by atomic mass is 9.90. The standard InChI is InChI=1S/C31H32Cl2FNO3/c1-19(2)17-38-31(36)25-13-24(21-8-9-21)29(14-28(25)34)37-18-20-15-35(16-20)30(22-6-4-3-5-7-22)23-10-11-26(32)27(33)12-23/h3-7,10-14,19-21,30H,8-9,15-18H2,1-2H3. The van der Waals surface area contributed by atoms with Gasteiger partial charge in [0.05, 0.1) is 34.9 Å². The highest BCUT2D eigenvalue weighted by Gasteiger charge is 2.35. The maximum atomic E-state index is 14.9. The van der Waals surface area contributed by atoms with Crippen LogP contribution in [0.2, 0.25) is 10.0 Å². The molecule has 1 heterocycles. The molecule has 5 rings (SSSR count). The largest absolute Gasteiger partial charge is 0.493 e. The van der Waals surface area contributed by atoms with E-state index in [0.717, 1.165) is 37.1 Å². The van der Waals surface area contributed by atoms with Crippen LogP contribution in [0.4, 0.5) is 4.39 Å². The molecule has 7 heteroatoms. The quantitative estimate of drug-likeness (QED) is 0.238. The molecule has 1 saturated carbocycles. The Bertz CT molecular complexity index is 1290. The van der Waals surface area contributed by atoms with E-state index < -0.39 is 11.8 Å². The summed E-state index contributed by atoms with van der Waals surface area (Å²) in [6, 6.07) is 19.2. The van der Waals surface area contributed by atoms with Crippen LogP contribution in [0.15, 0.2) is 60.7 Å². The number of halogens is 3. The van der Waals surface area contributed by atoms with E-state index in [2.05, 4.69) is 17.0 Å². The van der Waals surface area contributed by atoms with Crippen molar-refractivity contribution in [2.45, 2.75) is 38.6 Å². The van der Waals surface area contributed by atoms with Gasteiger partial charge in [-0.15, -0.1) is 0 Å². The van der Waals surface area contributed by atoms with Crippen LogP contribution in [-0.2, 0) is 4.74 Å². The van der Waals surface area contributed by atoms with Crippen molar-refractivity contribution in [3.05, 3.63) is 98.8 Å². The van der Waals surface area contributed by atoms with Crippen molar-refractivity contribution in [2.75, 3.05) is 26.3 Å². The number of benzene rings is 3. The number of hydrogen-bond acceptors (Lipinski definition) is 4. The Morgan fingerprint density at radius 3 is 2.39 bits per heavy atom. The number of carbonyl (C=O) groups is 1. The fraction of sp³-hybridized carbons (Fsp3) is 0.387. The van der Waals surface area contributed by atoms with Crippen molar-refractivity contribution in [3.8, 4) is 5.75 Å². The molecule has 0 radical (unpaired) electrons. The van der Waals surface area contributed by atoms with E-state index in [1.54, 1.807) is 6.07 Å². The monoisotopic (exact) mass is 555 g/mol. The molecule has 1 aliphatic carbocycles. The summed E-state index contributed by atoms with van der Waals surface area (Å²) in [6.45, 7) is 6.31. The fourth-order valence-electron chi connectivity index (χ4n) is 4.95. The topological polar surface area (TPSA) is 38.8 Å². The summed E-state index contributed by atoms with van der Waals surface area (Å²) in [5.41, 5.74) is 3.16. The molecule has 1 unspecified atom stereocenters. The van der Waals surface area contributed by atoms with Gasteiger partial charge >= 0.3 is 5.97 Å². The molecule has 4 nitrogen and oxygen atoms in total. The minimum absolute atomic E-state index is 0.0120. The second-order valence-electron chi connectivity index (χ2n) is 10.8. The number of hydrogen-bond donors (Lipinski definition) is 0. The fourth-order valence-corrected chi connectivity index (χ4v) is 5.26. The first kappa shape index (κ1) is 27.0. The summed E-state index contributed by atoms with van der Waals surface area (Å²) < 4.78 is 26.3. The summed E-state index contributed by atoms with van der Waals surface area (Å²) in [5.74, 6) is 0.110. The van der Waals surface area contributed by atoms with Gasteiger partial charge in [-0.3, -0.25) is 4.90 Å². The molecular formula is C31H32Cl2FNO3. The SMILES string of the molecule is CC(C)COC(=O)c1cc(C2CC2)c(OCC2CN(C(c3ccccc3)c3ccc(Cl)c(Cl)c3)C2)cc1F. The van der Waals surface area contributed by atoms with Crippen molar-refractivity contribution in [1.29, 1.82) is 0 Å². The molecule has 1 atom stereocenters. The van der Waals surface area contributed by atoms with Crippen molar-refractivity contribution in [2.24, 2.45) is 11.8 Å². The zero-order valence-corrected chi connectivity index (χ0v) is 23.1. The van der Waals surface area contributed by atoms with E-state index in [0.29, 0.717) is 34.2 Å². The first-order valence-corrected chi connectivity index (χ1v) is 13.9. The van der Waals surface area contributed by atoms with Crippen LogP contribution in [0.3, 0.4) is 0 Å². The Hall–Kier alpha value is -2.60. The van der Waals surface area contributed by atoms with Gasteiger partial charge in [0.15, 0.2) is 0 Å². The zero-order chi connectivity index (χ0) is 26.8. The number of carbonyl (C=O) groups excluding carboxylic acids is 1. The van der Waals surface area contributed by atoms with E-state index in [1.807, 2.05) is 50.2 Å². The summed E-state index contributed by atoms with van der Waals surface area (Å²) in [6.07, 6.45) is 2.03. The molecule has 0 spiro atoms. The van der Waals surface area contributed by atoms with Crippen LogP contribution in [-0.4, -0.2) is 37.2 Å². The first-order chi connectivity index (χ1) is 18.3. The lowest BCUT2D eigenvalue weighted by molar-refractivity contribution is 0.0374. The smallest absolute Gasteiger partial charge is 0.341 e. The van der Waals surface area contributed by atoms with Crippen LogP contribution < -0.4 is 4.74 Å². The van der Waals surface area contributed by atoms with Crippen LogP contribution in [0.1, 0.15) is 65.7 Å². The van der Waals surface area contributed by atoms with Gasteiger partial charge in [0.25, 0.3) is 0 Å². The first-order valence-electron chi connectivity index (χ1n) is 13.2. The minimum atomic E-state index is -0.617. The van der Waals surface area contributed by atoms with E-state index in [-0.39, 0.29) is 24.1 Å². The van der Waals surface area contributed by atoms with E-state index in [1.165, 1.54) is 11.6 Å². The number of esters is 1. The second-order valence-corrected chi connectivity index (χ2v) is 11.6. The normalized spacial score (nSPS) is 16.8. The van der Waals surface area contributed by atoms with Crippen molar-refractivity contribution in [3.63, 3.8) is 0 Å². The number of ether oxygens (including phenoxy) is 2. The number of likely N-dealkylation sites (tertiary alicyclic amines) is 1. The molecule has 2 aliphatic rings. The highest BCUT2D eigenvalue weighted by molar-refractivity contribution is 6.42. The summed E-state index contributed by atoms with van der Waals surface area (Å²) in [4.78, 5) is 14.8. The third kappa shape index (κ3) is 6.17. The molecule has 3 aromatic carbocycles. The molecule has 0 N–H and O–H groups in total. The Morgan fingerprint density at radius 2 is 1.74 bits per heavy atom. The lowest BCUT2D eigenvalue weighted by Gasteiger charge is -2.44. The Balaban J connectivity index is 1.26. The zero-order valence-electron chi connectivity index (χ0n) is 21.6. The van der Waals surface area contributed by atoms with Gasteiger partial charge in [-0.05, 0) is 59.6 Å². The maximum Gasteiger partial charge on any atom is 0.341 e. The molecule has 1 aliphatic heterocycles. The Morgan fingerprint density at radius 1 is 1.00 bits per heavy atom. The van der Waals surface area contributed by atoms with Gasteiger partial charge in [0, 0.05) is 25.1 Å². The predicted molar refractivity (Wildman–Crippen MR) is 149 cm³/mol. The second kappa shape index (κ2) is 11.6. The number of rotatable bonds is 10. The van der Waals surface area contributed by atoms with Gasteiger partial charge in [-0.2, -0.15) is 0 Å². The van der Waals surface area contributed by atoms with Crippen molar-refractivity contribution in [1.82, 2.24) is 4.90 Å². The molecule has 0 aromatic heterocycles. The third-order valence-electron chi connectivity index (χ3n) is 7.08. The highest BCUT2D eigenvalue weighted by atomic mass is 35.5. The van der Waals surface area contributed by atoms with E-state index in [4.69, 9.17) is 32.7 Å². The molecule has 0 bridgehead atoms. The van der Waals surface area contributed by atoms with E-state index >= 15 is 0 Å². The van der Waals surface area contributed by atoms with Gasteiger partial charge in [0.1, 0.15) is 11.6 Å².